The lowest BCUT2D eigenvalue weighted by atomic mass is 9.99. The molecule has 0 aliphatic heterocycles. The molecule has 0 saturated heterocycles. The molecule has 0 rings (SSSR count). The second-order valence-corrected chi connectivity index (χ2v) is 28.8. The van der Waals surface area contributed by atoms with Gasteiger partial charge in [-0.15, -0.1) is 0 Å². The minimum atomic E-state index is -4.95. The quantitative estimate of drug-likeness (QED) is 0.0222. The Morgan fingerprint density at radius 1 is 0.311 bits per heavy atom. The third-order valence-corrected chi connectivity index (χ3v) is 18.8. The highest BCUT2D eigenvalue weighted by Gasteiger charge is 2.30. The Morgan fingerprint density at radius 3 is 0.789 bits per heavy atom. The molecule has 0 aromatic heterocycles. The lowest BCUT2D eigenvalue weighted by Crippen LogP contribution is -2.30. The first-order chi connectivity index (χ1) is 43.6. The molecule has 0 radical (unpaired) electrons. The zero-order chi connectivity index (χ0) is 66.3. The largest absolute Gasteiger partial charge is 0.472 e. The Hall–Kier alpha value is -1.94. The maximum absolute atomic E-state index is 13.0. The molecule has 0 fully saturated rings. The van der Waals surface area contributed by atoms with Crippen LogP contribution in [0.2, 0.25) is 0 Å². The molecule has 0 aliphatic rings. The number of ether oxygens (including phenoxy) is 4. The Balaban J connectivity index is 5.10. The van der Waals surface area contributed by atoms with Crippen LogP contribution in [0.5, 0.6) is 0 Å². The second-order valence-electron chi connectivity index (χ2n) is 25.9. The fourth-order valence-corrected chi connectivity index (χ4v) is 12.4. The smallest absolute Gasteiger partial charge is 0.462 e. The summed E-state index contributed by atoms with van der Waals surface area (Å²) in [7, 11) is -9.89. The maximum Gasteiger partial charge on any atom is 0.472 e. The summed E-state index contributed by atoms with van der Waals surface area (Å²) in [6.45, 7) is 7.19. The van der Waals surface area contributed by atoms with Crippen LogP contribution in [0, 0.1) is 5.92 Å². The van der Waals surface area contributed by atoms with Crippen LogP contribution in [0.25, 0.3) is 0 Å². The Bertz CT molecular complexity index is 1740. The van der Waals surface area contributed by atoms with E-state index < -0.39 is 97.5 Å². The second kappa shape index (κ2) is 64.4. The maximum atomic E-state index is 13.0. The Labute approximate surface area is 549 Å². The van der Waals surface area contributed by atoms with Gasteiger partial charge >= 0.3 is 39.5 Å². The first kappa shape index (κ1) is 88.1. The molecule has 19 heteroatoms. The zero-order valence-electron chi connectivity index (χ0n) is 58.3. The normalized spacial score (nSPS) is 14.4. The van der Waals surface area contributed by atoms with Gasteiger partial charge in [0.05, 0.1) is 26.4 Å². The van der Waals surface area contributed by atoms with Crippen LogP contribution in [-0.2, 0) is 65.4 Å². The molecule has 3 unspecified atom stereocenters. The minimum Gasteiger partial charge on any atom is -0.462 e. The molecule has 0 bridgehead atoms. The van der Waals surface area contributed by atoms with Gasteiger partial charge in [0.1, 0.15) is 19.3 Å². The molecule has 0 aromatic rings. The van der Waals surface area contributed by atoms with Crippen molar-refractivity contribution in [3.63, 3.8) is 0 Å². The van der Waals surface area contributed by atoms with Gasteiger partial charge in [-0.25, -0.2) is 9.13 Å². The molecule has 0 aliphatic carbocycles. The van der Waals surface area contributed by atoms with E-state index in [1.54, 1.807) is 0 Å². The predicted octanol–water partition coefficient (Wildman–Crippen LogP) is 20.5. The van der Waals surface area contributed by atoms with Crippen LogP contribution in [0.1, 0.15) is 369 Å². The molecule has 90 heavy (non-hydrogen) atoms. The van der Waals surface area contributed by atoms with Crippen molar-refractivity contribution in [2.24, 2.45) is 5.92 Å². The third kappa shape index (κ3) is 63.5. The van der Waals surface area contributed by atoms with Crippen molar-refractivity contribution in [1.29, 1.82) is 0 Å². The first-order valence-corrected chi connectivity index (χ1v) is 40.2. The summed E-state index contributed by atoms with van der Waals surface area (Å²) in [5.41, 5.74) is 0. The SMILES string of the molecule is CCCCCCCCCCCCCCCCCCCCCCCCC(=O)O[C@H](COC(=O)CCCCCCCCCCCCC(C)CC)COP(=O)(O)OC[C@@H](O)COP(=O)(O)OC[C@@H](COC(=O)CCCCCCCCC)OC(=O)CCCCCCCCC. The van der Waals surface area contributed by atoms with E-state index in [1.807, 2.05) is 0 Å². The molecule has 0 spiro atoms. The molecule has 0 aromatic carbocycles. The van der Waals surface area contributed by atoms with Crippen LogP contribution in [-0.4, -0.2) is 96.7 Å². The number of aliphatic hydroxyl groups excluding tert-OH is 1. The molecule has 0 heterocycles. The number of unbranched alkanes of at least 4 members (excludes halogenated alkanes) is 42. The van der Waals surface area contributed by atoms with E-state index in [-0.39, 0.29) is 25.7 Å². The number of hydrogen-bond acceptors (Lipinski definition) is 15. The highest BCUT2D eigenvalue weighted by molar-refractivity contribution is 7.47. The summed E-state index contributed by atoms with van der Waals surface area (Å²) in [6.07, 6.45) is 51.8. The fraction of sp³-hybridized carbons (Fsp3) is 0.944. The van der Waals surface area contributed by atoms with Gasteiger partial charge in [-0.05, 0) is 31.6 Å². The van der Waals surface area contributed by atoms with Crippen molar-refractivity contribution in [3.05, 3.63) is 0 Å². The average molecular weight is 1330 g/mol. The van der Waals surface area contributed by atoms with Gasteiger partial charge in [-0.3, -0.25) is 37.3 Å². The van der Waals surface area contributed by atoms with E-state index in [0.717, 1.165) is 121 Å². The number of rotatable bonds is 71. The Morgan fingerprint density at radius 2 is 0.533 bits per heavy atom. The summed E-state index contributed by atoms with van der Waals surface area (Å²) in [5.74, 6) is -1.32. The van der Waals surface area contributed by atoms with Gasteiger partial charge in [0, 0.05) is 25.7 Å². The first-order valence-electron chi connectivity index (χ1n) is 37.2. The van der Waals surface area contributed by atoms with Crippen molar-refractivity contribution < 1.29 is 80.2 Å². The van der Waals surface area contributed by atoms with Crippen molar-refractivity contribution in [1.82, 2.24) is 0 Å². The highest BCUT2D eigenvalue weighted by atomic mass is 31.2. The van der Waals surface area contributed by atoms with E-state index >= 15 is 0 Å². The molecule has 0 saturated carbocycles. The summed E-state index contributed by atoms with van der Waals surface area (Å²) in [4.78, 5) is 72.2. The number of phosphoric ester groups is 2. The molecule has 0 amide bonds. The fourth-order valence-electron chi connectivity index (χ4n) is 10.8. The van der Waals surface area contributed by atoms with E-state index in [2.05, 4.69) is 34.6 Å². The minimum absolute atomic E-state index is 0.104. The van der Waals surface area contributed by atoms with Crippen molar-refractivity contribution in [2.75, 3.05) is 39.6 Å². The topological polar surface area (TPSA) is 237 Å². The molecule has 17 nitrogen and oxygen atoms in total. The molecule has 3 N–H and O–H groups in total. The highest BCUT2D eigenvalue weighted by Crippen LogP contribution is 2.45. The number of carbonyl (C=O) groups is 4. The Kier molecular flexibility index (Phi) is 63.0. The average Bonchev–Trinajstić information content (AvgIpc) is 3.06. The van der Waals surface area contributed by atoms with Gasteiger partial charge in [0.15, 0.2) is 12.2 Å². The summed E-state index contributed by atoms with van der Waals surface area (Å²) in [6, 6.07) is 0. The van der Waals surface area contributed by atoms with Gasteiger partial charge in [-0.2, -0.15) is 0 Å². The van der Waals surface area contributed by atoms with Crippen LogP contribution in [0.4, 0.5) is 0 Å². The van der Waals surface area contributed by atoms with Crippen molar-refractivity contribution >= 4 is 39.5 Å². The number of hydrogen-bond donors (Lipinski definition) is 3. The number of aliphatic hydroxyl groups is 1. The van der Waals surface area contributed by atoms with Crippen molar-refractivity contribution in [3.8, 4) is 0 Å². The lowest BCUT2D eigenvalue weighted by Gasteiger charge is -2.21. The molecular formula is C71H138O17P2. The summed E-state index contributed by atoms with van der Waals surface area (Å²) in [5, 5.41) is 10.5. The molecular weight excluding hydrogens is 1190 g/mol. The van der Waals surface area contributed by atoms with Crippen LogP contribution >= 0.6 is 15.6 Å². The standard InChI is InChI=1S/C71H138O17P2/c1-6-10-13-16-19-20-21-22-23-24-25-26-27-28-29-30-31-32-37-42-47-52-57-71(76)88-67(61-82-69(74)55-50-45-41-36-34-33-35-40-43-48-53-64(5)9-4)63-86-90(79,80)84-59-65(72)58-83-89(77,78)85-62-66(87-70(75)56-51-46-39-18-15-12-8-3)60-81-68(73)54-49-44-38-17-14-11-7-2/h64-67,72H,6-63H2,1-5H3,(H,77,78)(H,79,80)/t64?,65-,66+,67+/m0/s1. The van der Waals surface area contributed by atoms with Gasteiger partial charge in [0.2, 0.25) is 0 Å². The molecule has 6 atom stereocenters. The number of phosphoric acid groups is 2. The van der Waals surface area contributed by atoms with Gasteiger partial charge in [-0.1, -0.05) is 317 Å². The predicted molar refractivity (Wildman–Crippen MR) is 363 cm³/mol. The van der Waals surface area contributed by atoms with Gasteiger partial charge in [0.25, 0.3) is 0 Å². The van der Waals surface area contributed by atoms with Crippen LogP contribution in [0.15, 0.2) is 0 Å². The summed E-state index contributed by atoms with van der Waals surface area (Å²) >= 11 is 0. The van der Waals surface area contributed by atoms with E-state index in [4.69, 9.17) is 37.0 Å². The third-order valence-electron chi connectivity index (χ3n) is 16.9. The summed E-state index contributed by atoms with van der Waals surface area (Å²) < 4.78 is 68.0. The monoisotopic (exact) mass is 1320 g/mol. The van der Waals surface area contributed by atoms with Crippen LogP contribution in [0.3, 0.4) is 0 Å². The zero-order valence-corrected chi connectivity index (χ0v) is 60.1. The van der Waals surface area contributed by atoms with Crippen LogP contribution < -0.4 is 0 Å². The molecule has 534 valence electrons. The number of esters is 4. The van der Waals surface area contributed by atoms with E-state index in [0.29, 0.717) is 25.7 Å². The van der Waals surface area contributed by atoms with Gasteiger partial charge < -0.3 is 33.8 Å². The number of carbonyl (C=O) groups excluding carboxylic acids is 4. The van der Waals surface area contributed by atoms with Crippen molar-refractivity contribution in [2.45, 2.75) is 387 Å². The van der Waals surface area contributed by atoms with E-state index in [9.17, 15) is 43.2 Å². The van der Waals surface area contributed by atoms with E-state index in [1.165, 1.54) is 167 Å². The lowest BCUT2D eigenvalue weighted by molar-refractivity contribution is -0.161.